The van der Waals surface area contributed by atoms with E-state index in [2.05, 4.69) is 4.99 Å². The molecule has 6 nitrogen and oxygen atoms in total. The van der Waals surface area contributed by atoms with Crippen molar-refractivity contribution in [3.05, 3.63) is 81.4 Å². The minimum absolute atomic E-state index is 0.0890. The zero-order valence-corrected chi connectivity index (χ0v) is 17.0. The fourth-order valence-electron chi connectivity index (χ4n) is 3.52. The highest BCUT2D eigenvalue weighted by molar-refractivity contribution is 7.16. The third kappa shape index (κ3) is 2.91. The van der Waals surface area contributed by atoms with E-state index in [0.717, 1.165) is 26.7 Å². The van der Waals surface area contributed by atoms with E-state index in [9.17, 15) is 9.59 Å². The first-order valence-corrected chi connectivity index (χ1v) is 10.0. The molecule has 0 saturated heterocycles. The van der Waals surface area contributed by atoms with Crippen molar-refractivity contribution in [3.8, 4) is 5.75 Å². The lowest BCUT2D eigenvalue weighted by Crippen LogP contribution is -2.17. The van der Waals surface area contributed by atoms with Crippen molar-refractivity contribution in [1.29, 1.82) is 0 Å². The van der Waals surface area contributed by atoms with Crippen molar-refractivity contribution in [1.82, 2.24) is 4.57 Å². The summed E-state index contributed by atoms with van der Waals surface area (Å²) in [5.74, 6) is 0.0944. The van der Waals surface area contributed by atoms with Gasteiger partial charge >= 0.3 is 5.63 Å². The molecular weight excluding hydrogens is 400 g/mol. The average Bonchev–Trinajstić information content (AvgIpc) is 3.07. The predicted molar refractivity (Wildman–Crippen MR) is 117 cm³/mol. The van der Waals surface area contributed by atoms with Crippen LogP contribution in [0.4, 0.5) is 0 Å². The molecular formula is C23H16N2O4S. The van der Waals surface area contributed by atoms with Gasteiger partial charge in [0.05, 0.1) is 17.3 Å². The van der Waals surface area contributed by atoms with E-state index < -0.39 is 11.5 Å². The Morgan fingerprint density at radius 3 is 2.73 bits per heavy atom. The Labute approximate surface area is 174 Å². The highest BCUT2D eigenvalue weighted by atomic mass is 32.1. The average molecular weight is 416 g/mol. The van der Waals surface area contributed by atoms with E-state index >= 15 is 0 Å². The molecule has 0 unspecified atom stereocenters. The van der Waals surface area contributed by atoms with Gasteiger partial charge in [-0.1, -0.05) is 41.7 Å². The van der Waals surface area contributed by atoms with E-state index in [1.54, 1.807) is 19.2 Å². The minimum atomic E-state index is -0.697. The summed E-state index contributed by atoms with van der Waals surface area (Å²) in [4.78, 5) is 30.1. The molecule has 5 rings (SSSR count). The van der Waals surface area contributed by atoms with E-state index in [0.29, 0.717) is 15.8 Å². The number of aromatic nitrogens is 1. The maximum atomic E-state index is 12.9. The number of carbonyl (C=O) groups excluding carboxylic acids is 1. The summed E-state index contributed by atoms with van der Waals surface area (Å²) in [6.45, 7) is 0. The Morgan fingerprint density at radius 2 is 1.90 bits per heavy atom. The van der Waals surface area contributed by atoms with Gasteiger partial charge in [-0.15, -0.1) is 0 Å². The van der Waals surface area contributed by atoms with Crippen LogP contribution in [0.5, 0.6) is 5.75 Å². The molecule has 0 atom stereocenters. The van der Waals surface area contributed by atoms with Gasteiger partial charge in [0.2, 0.25) is 0 Å². The number of carbonyl (C=O) groups is 1. The summed E-state index contributed by atoms with van der Waals surface area (Å²) in [6.07, 6.45) is 0. The number of ether oxygens (including phenoxy) is 1. The molecule has 2 heterocycles. The summed E-state index contributed by atoms with van der Waals surface area (Å²) in [6, 6.07) is 18.6. The molecule has 0 N–H and O–H groups in total. The maximum absolute atomic E-state index is 12.9. The summed E-state index contributed by atoms with van der Waals surface area (Å²) in [5.41, 5.74) is 0.574. The number of rotatable bonds is 2. The Balaban J connectivity index is 1.69. The van der Waals surface area contributed by atoms with Crippen LogP contribution < -0.4 is 15.2 Å². The van der Waals surface area contributed by atoms with E-state index in [1.165, 1.54) is 11.3 Å². The zero-order valence-electron chi connectivity index (χ0n) is 16.2. The van der Waals surface area contributed by atoms with Crippen molar-refractivity contribution in [2.45, 2.75) is 0 Å². The lowest BCUT2D eigenvalue weighted by Gasteiger charge is -2.03. The molecule has 7 heteroatoms. The first kappa shape index (κ1) is 18.3. The first-order chi connectivity index (χ1) is 14.5. The lowest BCUT2D eigenvalue weighted by molar-refractivity contribution is 0.0994. The molecule has 0 saturated carbocycles. The first-order valence-electron chi connectivity index (χ1n) is 9.23. The number of methoxy groups -OCH3 is 1. The Kier molecular flexibility index (Phi) is 4.25. The number of aryl methyl sites for hydroxylation is 1. The maximum Gasteiger partial charge on any atom is 0.349 e. The van der Waals surface area contributed by atoms with Crippen molar-refractivity contribution >= 4 is 49.2 Å². The highest BCUT2D eigenvalue weighted by Gasteiger charge is 2.15. The second-order valence-electron chi connectivity index (χ2n) is 6.84. The molecule has 148 valence electrons. The number of nitrogens with zero attached hydrogens (tertiary/aromatic N) is 2. The van der Waals surface area contributed by atoms with Gasteiger partial charge in [-0.2, -0.15) is 4.99 Å². The second kappa shape index (κ2) is 6.96. The van der Waals surface area contributed by atoms with E-state index in [-0.39, 0.29) is 5.56 Å². The lowest BCUT2D eigenvalue weighted by atomic mass is 10.0. The van der Waals surface area contributed by atoms with Crippen LogP contribution in [0, 0.1) is 0 Å². The SMILES string of the molecule is COc1ccc2c(c1)sc(=NC(=O)c1cc3c(ccc4ccccc43)oc1=O)n2C. The van der Waals surface area contributed by atoms with Crippen molar-refractivity contribution < 1.29 is 13.9 Å². The van der Waals surface area contributed by atoms with Gasteiger partial charge in [0.1, 0.15) is 16.9 Å². The van der Waals surface area contributed by atoms with Gasteiger partial charge in [0.25, 0.3) is 5.91 Å². The molecule has 0 bridgehead atoms. The molecule has 0 radical (unpaired) electrons. The second-order valence-corrected chi connectivity index (χ2v) is 7.85. The molecule has 5 aromatic rings. The van der Waals surface area contributed by atoms with Gasteiger partial charge in [-0.25, -0.2) is 4.79 Å². The summed E-state index contributed by atoms with van der Waals surface area (Å²) >= 11 is 1.35. The predicted octanol–water partition coefficient (Wildman–Crippen LogP) is 4.25. The van der Waals surface area contributed by atoms with Crippen LogP contribution in [0.15, 0.2) is 74.9 Å². The number of benzene rings is 3. The van der Waals surface area contributed by atoms with Crippen LogP contribution in [0.1, 0.15) is 10.4 Å². The third-order valence-electron chi connectivity index (χ3n) is 5.09. The van der Waals surface area contributed by atoms with Crippen LogP contribution in [0.3, 0.4) is 0 Å². The monoisotopic (exact) mass is 416 g/mol. The molecule has 1 amide bonds. The number of amides is 1. The quantitative estimate of drug-likeness (QED) is 0.319. The molecule has 2 aromatic heterocycles. The van der Waals surface area contributed by atoms with Crippen LogP contribution in [0.2, 0.25) is 0 Å². The molecule has 0 aliphatic heterocycles. The van der Waals surface area contributed by atoms with Gasteiger partial charge < -0.3 is 13.7 Å². The summed E-state index contributed by atoms with van der Waals surface area (Å²) in [5, 5.41) is 2.61. The van der Waals surface area contributed by atoms with Crippen molar-refractivity contribution in [2.24, 2.45) is 12.0 Å². The standard InChI is InChI=1S/C23H16N2O4S/c1-25-18-9-8-14(28-2)11-20(18)30-23(25)24-21(26)17-12-16-15-6-4-3-5-13(15)7-10-19(16)29-22(17)27/h3-12H,1-2H3. The van der Waals surface area contributed by atoms with Crippen molar-refractivity contribution in [3.63, 3.8) is 0 Å². The molecule has 30 heavy (non-hydrogen) atoms. The van der Waals surface area contributed by atoms with Gasteiger partial charge in [0, 0.05) is 12.4 Å². The third-order valence-corrected chi connectivity index (χ3v) is 6.18. The molecule has 0 aliphatic rings. The largest absolute Gasteiger partial charge is 0.497 e. The van der Waals surface area contributed by atoms with E-state index in [4.69, 9.17) is 9.15 Å². The Bertz CT molecular complexity index is 1590. The van der Waals surface area contributed by atoms with Gasteiger partial charge in [-0.3, -0.25) is 4.79 Å². The van der Waals surface area contributed by atoms with Crippen LogP contribution >= 0.6 is 11.3 Å². The normalized spacial score (nSPS) is 12.1. The van der Waals surface area contributed by atoms with Crippen molar-refractivity contribution in [2.75, 3.05) is 7.11 Å². The fourth-order valence-corrected chi connectivity index (χ4v) is 4.56. The highest BCUT2D eigenvalue weighted by Crippen LogP contribution is 2.25. The van der Waals surface area contributed by atoms with Crippen LogP contribution in [-0.4, -0.2) is 17.6 Å². The molecule has 0 aliphatic carbocycles. The van der Waals surface area contributed by atoms with Gasteiger partial charge in [-0.05, 0) is 41.1 Å². The molecule has 0 spiro atoms. The summed E-state index contributed by atoms with van der Waals surface area (Å²) < 4.78 is 13.4. The Morgan fingerprint density at radius 1 is 1.07 bits per heavy atom. The van der Waals surface area contributed by atoms with Gasteiger partial charge in [0.15, 0.2) is 4.80 Å². The van der Waals surface area contributed by atoms with E-state index in [1.807, 2.05) is 60.1 Å². The smallest absolute Gasteiger partial charge is 0.349 e. The fraction of sp³-hybridized carbons (Fsp3) is 0.0870. The molecule has 0 fully saturated rings. The number of fused-ring (bicyclic) bond motifs is 4. The topological polar surface area (TPSA) is 73.8 Å². The zero-order chi connectivity index (χ0) is 20.8. The number of thiazole rings is 1. The number of hydrogen-bond donors (Lipinski definition) is 0. The summed E-state index contributed by atoms with van der Waals surface area (Å²) in [7, 11) is 3.43. The molecule has 3 aromatic carbocycles. The van der Waals surface area contributed by atoms with Crippen LogP contribution in [-0.2, 0) is 7.05 Å². The number of hydrogen-bond acceptors (Lipinski definition) is 5. The minimum Gasteiger partial charge on any atom is -0.497 e. The Hall–Kier alpha value is -3.71. The van der Waals surface area contributed by atoms with Crippen LogP contribution in [0.25, 0.3) is 32.0 Å².